The van der Waals surface area contributed by atoms with Crippen molar-refractivity contribution < 1.29 is 9.90 Å². The van der Waals surface area contributed by atoms with Gasteiger partial charge in [0, 0.05) is 56.9 Å². The molecule has 1 atom stereocenters. The first-order chi connectivity index (χ1) is 17.1. The maximum Gasteiger partial charge on any atom is 0.257 e. The molecular formula is C29H36N4O2. The Morgan fingerprint density at radius 2 is 1.83 bits per heavy atom. The van der Waals surface area contributed by atoms with Crippen molar-refractivity contribution in [2.75, 3.05) is 45.8 Å². The first-order valence-corrected chi connectivity index (χ1v) is 13.0. The number of fused-ring (bicyclic) bond motifs is 2. The minimum atomic E-state index is -0.108. The van der Waals surface area contributed by atoms with Crippen molar-refractivity contribution in [3.8, 4) is 5.75 Å². The molecule has 1 aromatic heterocycles. The lowest BCUT2D eigenvalue weighted by atomic mass is 9.87. The molecule has 0 spiro atoms. The smallest absolute Gasteiger partial charge is 0.257 e. The van der Waals surface area contributed by atoms with Crippen LogP contribution in [0.5, 0.6) is 5.75 Å². The highest BCUT2D eigenvalue weighted by Gasteiger charge is 2.27. The van der Waals surface area contributed by atoms with Gasteiger partial charge in [-0.2, -0.15) is 0 Å². The molecule has 1 amide bonds. The molecule has 0 bridgehead atoms. The van der Waals surface area contributed by atoms with Crippen LogP contribution >= 0.6 is 0 Å². The van der Waals surface area contributed by atoms with Crippen LogP contribution in [0.4, 0.5) is 0 Å². The molecule has 1 fully saturated rings. The lowest BCUT2D eigenvalue weighted by Crippen LogP contribution is -2.51. The quantitative estimate of drug-likeness (QED) is 0.564. The Morgan fingerprint density at radius 3 is 2.63 bits per heavy atom. The molecule has 5 rings (SSSR count). The van der Waals surface area contributed by atoms with Gasteiger partial charge < -0.3 is 10.0 Å². The van der Waals surface area contributed by atoms with Crippen LogP contribution in [0.2, 0.25) is 0 Å². The summed E-state index contributed by atoms with van der Waals surface area (Å²) in [5.41, 5.74) is 3.87. The van der Waals surface area contributed by atoms with Gasteiger partial charge >= 0.3 is 0 Å². The number of phenolic OH excluding ortho intramolecular Hbond substituents is 1. The molecule has 2 aromatic carbocycles. The highest BCUT2D eigenvalue weighted by Crippen LogP contribution is 2.28. The number of aromatic hydroxyl groups is 1. The van der Waals surface area contributed by atoms with Crippen molar-refractivity contribution in [1.82, 2.24) is 19.7 Å². The van der Waals surface area contributed by atoms with Crippen molar-refractivity contribution in [3.05, 3.63) is 71.4 Å². The van der Waals surface area contributed by atoms with Gasteiger partial charge in [-0.15, -0.1) is 0 Å². The lowest BCUT2D eigenvalue weighted by Gasteiger charge is -2.39. The second-order valence-corrected chi connectivity index (χ2v) is 9.87. The number of rotatable bonds is 7. The van der Waals surface area contributed by atoms with Crippen molar-refractivity contribution in [2.24, 2.45) is 0 Å². The Labute approximate surface area is 208 Å². The number of amides is 1. The molecule has 2 heterocycles. The second kappa shape index (κ2) is 10.8. The van der Waals surface area contributed by atoms with Crippen LogP contribution in [0.3, 0.4) is 0 Å². The fourth-order valence-electron chi connectivity index (χ4n) is 5.67. The van der Waals surface area contributed by atoms with E-state index < -0.39 is 0 Å². The van der Waals surface area contributed by atoms with E-state index in [-0.39, 0.29) is 11.7 Å². The summed E-state index contributed by atoms with van der Waals surface area (Å²) in [5.74, 6) is -0.122. The highest BCUT2D eigenvalue weighted by atomic mass is 16.3. The first kappa shape index (κ1) is 23.8. The van der Waals surface area contributed by atoms with Crippen molar-refractivity contribution in [2.45, 2.75) is 38.6 Å². The van der Waals surface area contributed by atoms with Crippen LogP contribution in [0, 0.1) is 0 Å². The fourth-order valence-corrected chi connectivity index (χ4v) is 5.67. The predicted molar refractivity (Wildman–Crippen MR) is 140 cm³/mol. The van der Waals surface area contributed by atoms with Gasteiger partial charge in [0.2, 0.25) is 0 Å². The summed E-state index contributed by atoms with van der Waals surface area (Å²) < 4.78 is 0. The van der Waals surface area contributed by atoms with E-state index >= 15 is 0 Å². The number of aromatic nitrogens is 1. The van der Waals surface area contributed by atoms with E-state index in [4.69, 9.17) is 0 Å². The molecule has 6 nitrogen and oxygen atoms in total. The van der Waals surface area contributed by atoms with Crippen LogP contribution in [0.1, 0.15) is 41.3 Å². The molecule has 184 valence electrons. The number of hydrogen-bond donors (Lipinski definition) is 1. The lowest BCUT2D eigenvalue weighted by molar-refractivity contribution is 0.0606. The normalized spacial score (nSPS) is 18.7. The zero-order valence-electron chi connectivity index (χ0n) is 20.7. The number of piperazine rings is 1. The SMILES string of the molecule is CCCN(CCN1CCN(C(=O)c2ccc3cccnc3c2O)CC1)C1CCc2ccccc2C1. The molecule has 1 aliphatic heterocycles. The molecule has 1 aliphatic carbocycles. The molecule has 35 heavy (non-hydrogen) atoms. The number of hydrogen-bond acceptors (Lipinski definition) is 5. The third-order valence-electron chi connectivity index (χ3n) is 7.69. The summed E-state index contributed by atoms with van der Waals surface area (Å²) in [6, 6.07) is 16.8. The Balaban J connectivity index is 1.15. The molecule has 3 aromatic rings. The van der Waals surface area contributed by atoms with Crippen LogP contribution in [-0.4, -0.2) is 82.6 Å². The van der Waals surface area contributed by atoms with E-state index in [0.717, 1.165) is 44.5 Å². The van der Waals surface area contributed by atoms with Crippen LogP contribution in [0.25, 0.3) is 10.9 Å². The number of carbonyl (C=O) groups excluding carboxylic acids is 1. The monoisotopic (exact) mass is 472 g/mol. The Bertz CT molecular complexity index is 1170. The summed E-state index contributed by atoms with van der Waals surface area (Å²) >= 11 is 0. The summed E-state index contributed by atoms with van der Waals surface area (Å²) in [6.07, 6.45) is 6.39. The third-order valence-corrected chi connectivity index (χ3v) is 7.69. The van der Waals surface area contributed by atoms with E-state index in [1.165, 1.54) is 30.4 Å². The minimum Gasteiger partial charge on any atom is -0.505 e. The van der Waals surface area contributed by atoms with E-state index in [2.05, 4.69) is 46.0 Å². The zero-order valence-corrected chi connectivity index (χ0v) is 20.7. The predicted octanol–water partition coefficient (Wildman–Crippen LogP) is 3.97. The van der Waals surface area contributed by atoms with Crippen LogP contribution in [-0.2, 0) is 12.8 Å². The van der Waals surface area contributed by atoms with Gasteiger partial charge in [-0.3, -0.25) is 19.6 Å². The van der Waals surface area contributed by atoms with Gasteiger partial charge in [-0.25, -0.2) is 0 Å². The van der Waals surface area contributed by atoms with E-state index in [1.807, 2.05) is 23.1 Å². The maximum absolute atomic E-state index is 13.1. The number of carbonyl (C=O) groups is 1. The zero-order chi connectivity index (χ0) is 24.2. The number of aryl methyl sites for hydroxylation is 1. The minimum absolute atomic E-state index is 0.0141. The molecule has 6 heteroatoms. The van der Waals surface area contributed by atoms with Gasteiger partial charge in [-0.1, -0.05) is 43.3 Å². The topological polar surface area (TPSA) is 59.9 Å². The molecule has 1 N–H and O–H groups in total. The van der Waals surface area contributed by atoms with Crippen molar-refractivity contribution in [1.29, 1.82) is 0 Å². The number of pyridine rings is 1. The summed E-state index contributed by atoms with van der Waals surface area (Å²) in [5, 5.41) is 11.5. The number of phenols is 1. The van der Waals surface area contributed by atoms with Crippen molar-refractivity contribution >= 4 is 16.8 Å². The molecular weight excluding hydrogens is 436 g/mol. The molecule has 1 saturated heterocycles. The van der Waals surface area contributed by atoms with Crippen LogP contribution < -0.4 is 0 Å². The summed E-state index contributed by atoms with van der Waals surface area (Å²) in [6.45, 7) is 8.62. The van der Waals surface area contributed by atoms with Gasteiger partial charge in [-0.05, 0) is 55.5 Å². The molecule has 2 aliphatic rings. The van der Waals surface area contributed by atoms with E-state index in [9.17, 15) is 9.90 Å². The fraction of sp³-hybridized carbons (Fsp3) is 0.448. The molecule has 0 radical (unpaired) electrons. The Kier molecular flexibility index (Phi) is 7.30. The Morgan fingerprint density at radius 1 is 1.03 bits per heavy atom. The third kappa shape index (κ3) is 5.19. The number of nitrogens with zero attached hydrogens (tertiary/aromatic N) is 4. The largest absolute Gasteiger partial charge is 0.505 e. The van der Waals surface area contributed by atoms with Crippen LogP contribution in [0.15, 0.2) is 54.7 Å². The van der Waals surface area contributed by atoms with Gasteiger partial charge in [0.05, 0.1) is 5.56 Å². The van der Waals surface area contributed by atoms with E-state index in [1.54, 1.807) is 12.3 Å². The first-order valence-electron chi connectivity index (χ1n) is 13.0. The average Bonchev–Trinajstić information content (AvgIpc) is 2.91. The molecule has 0 saturated carbocycles. The number of benzene rings is 2. The van der Waals surface area contributed by atoms with Gasteiger partial charge in [0.25, 0.3) is 5.91 Å². The van der Waals surface area contributed by atoms with Gasteiger partial charge in [0.15, 0.2) is 5.75 Å². The standard InChI is InChI=1S/C29H36N4O2/c1-2-14-32(25-11-9-22-6-3-4-7-24(22)21-25)18-15-31-16-19-33(20-17-31)29(35)26-12-10-23-8-5-13-30-27(23)28(26)34/h3-8,10,12-13,25,34H,2,9,11,14-21H2,1H3. The summed E-state index contributed by atoms with van der Waals surface area (Å²) in [7, 11) is 0. The second-order valence-electron chi connectivity index (χ2n) is 9.87. The Hall–Kier alpha value is -2.96. The van der Waals surface area contributed by atoms with E-state index in [0.29, 0.717) is 30.2 Å². The maximum atomic E-state index is 13.1. The molecule has 1 unspecified atom stereocenters. The highest BCUT2D eigenvalue weighted by molar-refractivity contribution is 6.02. The van der Waals surface area contributed by atoms with Crippen molar-refractivity contribution in [3.63, 3.8) is 0 Å². The summed E-state index contributed by atoms with van der Waals surface area (Å²) in [4.78, 5) is 24.4. The average molecular weight is 473 g/mol. The van der Waals surface area contributed by atoms with Gasteiger partial charge in [0.1, 0.15) is 5.52 Å².